The van der Waals surface area contributed by atoms with Gasteiger partial charge >= 0.3 is 0 Å². The maximum absolute atomic E-state index is 12.5. The highest BCUT2D eigenvalue weighted by Crippen LogP contribution is 2.31. The van der Waals surface area contributed by atoms with Gasteiger partial charge in [-0.3, -0.25) is 4.79 Å². The molecule has 2 N–H and O–H groups in total. The number of amides is 1. The molecule has 1 fully saturated rings. The minimum Gasteiger partial charge on any atom is -0.326 e. The number of hydrogen-bond donors (Lipinski definition) is 2. The predicted octanol–water partition coefficient (Wildman–Crippen LogP) is 3.96. The Labute approximate surface area is 182 Å². The number of benzene rings is 1. The second kappa shape index (κ2) is 9.92. The Morgan fingerprint density at radius 3 is 2.75 bits per heavy atom. The predicted molar refractivity (Wildman–Crippen MR) is 117 cm³/mol. The molecule has 0 radical (unpaired) electrons. The van der Waals surface area contributed by atoms with Crippen LogP contribution in [0, 0.1) is 11.8 Å². The van der Waals surface area contributed by atoms with E-state index in [4.69, 9.17) is 11.6 Å². The lowest BCUT2D eigenvalue weighted by Gasteiger charge is -2.31. The van der Waals surface area contributed by atoms with E-state index in [9.17, 15) is 4.79 Å². The van der Waals surface area contributed by atoms with Gasteiger partial charge in [0.15, 0.2) is 5.82 Å². The SMILES string of the molecule is CC(C(=O)Nc1ccc(Cl)c(-c2nnc3n2CCCCC3)c1)C1CNC1.Cl.Cl. The molecule has 1 amide bonds. The first-order valence-electron chi connectivity index (χ1n) is 9.37. The number of nitrogens with zero attached hydrogens (tertiary/aromatic N) is 3. The summed E-state index contributed by atoms with van der Waals surface area (Å²) in [6.07, 6.45) is 4.43. The smallest absolute Gasteiger partial charge is 0.227 e. The number of aromatic nitrogens is 3. The zero-order valence-electron chi connectivity index (χ0n) is 15.8. The Hall–Kier alpha value is -1.34. The summed E-state index contributed by atoms with van der Waals surface area (Å²) in [5.74, 6) is 2.26. The van der Waals surface area contributed by atoms with Gasteiger partial charge in [0.1, 0.15) is 5.82 Å². The molecule has 2 aliphatic heterocycles. The fraction of sp³-hybridized carbons (Fsp3) is 0.526. The summed E-state index contributed by atoms with van der Waals surface area (Å²) in [6.45, 7) is 4.71. The second-order valence-electron chi connectivity index (χ2n) is 7.29. The number of carbonyl (C=O) groups excluding carboxylic acids is 1. The summed E-state index contributed by atoms with van der Waals surface area (Å²) < 4.78 is 2.17. The topological polar surface area (TPSA) is 71.8 Å². The molecule has 1 aromatic carbocycles. The minimum atomic E-state index is -0.0141. The third kappa shape index (κ3) is 4.62. The summed E-state index contributed by atoms with van der Waals surface area (Å²) in [6, 6.07) is 5.57. The van der Waals surface area contributed by atoms with Crippen molar-refractivity contribution in [3.63, 3.8) is 0 Å². The summed E-state index contributed by atoms with van der Waals surface area (Å²) in [5, 5.41) is 15.6. The molecular weight excluding hydrogens is 421 g/mol. The summed E-state index contributed by atoms with van der Waals surface area (Å²) in [5.41, 5.74) is 1.57. The molecular formula is C19H26Cl3N5O. The second-order valence-corrected chi connectivity index (χ2v) is 7.70. The van der Waals surface area contributed by atoms with E-state index in [1.165, 1.54) is 6.42 Å². The summed E-state index contributed by atoms with van der Waals surface area (Å²) >= 11 is 6.45. The molecule has 0 saturated carbocycles. The van der Waals surface area contributed by atoms with Crippen LogP contribution >= 0.6 is 36.4 Å². The van der Waals surface area contributed by atoms with Crippen LogP contribution in [0.2, 0.25) is 5.02 Å². The summed E-state index contributed by atoms with van der Waals surface area (Å²) in [7, 11) is 0. The molecule has 28 heavy (non-hydrogen) atoms. The van der Waals surface area contributed by atoms with Crippen molar-refractivity contribution in [1.29, 1.82) is 0 Å². The molecule has 9 heteroatoms. The van der Waals surface area contributed by atoms with Gasteiger partial charge in [0.25, 0.3) is 0 Å². The number of halogens is 3. The Bertz CT molecular complexity index is 822. The highest BCUT2D eigenvalue weighted by molar-refractivity contribution is 6.33. The van der Waals surface area contributed by atoms with Crippen molar-refractivity contribution in [2.75, 3.05) is 18.4 Å². The maximum atomic E-state index is 12.5. The Morgan fingerprint density at radius 1 is 1.25 bits per heavy atom. The Morgan fingerprint density at radius 2 is 2.04 bits per heavy atom. The van der Waals surface area contributed by atoms with Gasteiger partial charge in [-0.05, 0) is 50.0 Å². The van der Waals surface area contributed by atoms with Crippen LogP contribution in [-0.2, 0) is 17.8 Å². The first-order valence-corrected chi connectivity index (χ1v) is 9.75. The van der Waals surface area contributed by atoms with Gasteiger partial charge in [-0.15, -0.1) is 35.0 Å². The average Bonchev–Trinajstić information content (AvgIpc) is 2.83. The minimum absolute atomic E-state index is 0. The van der Waals surface area contributed by atoms with Crippen molar-refractivity contribution in [2.45, 2.75) is 39.2 Å². The fourth-order valence-electron chi connectivity index (χ4n) is 3.59. The Balaban J connectivity index is 0.00000140. The maximum Gasteiger partial charge on any atom is 0.227 e. The molecule has 0 aliphatic carbocycles. The van der Waals surface area contributed by atoms with Crippen LogP contribution in [0.25, 0.3) is 11.4 Å². The highest BCUT2D eigenvalue weighted by Gasteiger charge is 2.29. The van der Waals surface area contributed by atoms with Crippen molar-refractivity contribution < 1.29 is 4.79 Å². The van der Waals surface area contributed by atoms with E-state index < -0.39 is 0 Å². The van der Waals surface area contributed by atoms with Gasteiger partial charge in [0.2, 0.25) is 5.91 Å². The quantitative estimate of drug-likeness (QED) is 0.745. The fourth-order valence-corrected chi connectivity index (χ4v) is 3.80. The van der Waals surface area contributed by atoms with Crippen molar-refractivity contribution in [3.8, 4) is 11.4 Å². The van der Waals surface area contributed by atoms with Crippen molar-refractivity contribution in [1.82, 2.24) is 20.1 Å². The van der Waals surface area contributed by atoms with Crippen molar-refractivity contribution in [2.24, 2.45) is 11.8 Å². The van der Waals surface area contributed by atoms with Gasteiger partial charge in [0, 0.05) is 30.1 Å². The molecule has 4 rings (SSSR count). The van der Waals surface area contributed by atoms with Crippen LogP contribution in [0.15, 0.2) is 18.2 Å². The third-order valence-corrected chi connectivity index (χ3v) is 5.85. The molecule has 1 atom stereocenters. The third-order valence-electron chi connectivity index (χ3n) is 5.52. The number of fused-ring (bicyclic) bond motifs is 1. The van der Waals surface area contributed by atoms with Crippen LogP contribution in [0.3, 0.4) is 0 Å². The van der Waals surface area contributed by atoms with E-state index in [-0.39, 0.29) is 36.6 Å². The van der Waals surface area contributed by atoms with Crippen LogP contribution in [0.5, 0.6) is 0 Å². The molecule has 3 heterocycles. The number of rotatable bonds is 4. The van der Waals surface area contributed by atoms with Gasteiger partial charge < -0.3 is 15.2 Å². The normalized spacial score (nSPS) is 17.2. The number of anilines is 1. The summed E-state index contributed by atoms with van der Waals surface area (Å²) in [4.78, 5) is 12.5. The van der Waals surface area contributed by atoms with E-state index in [1.54, 1.807) is 0 Å². The van der Waals surface area contributed by atoms with Gasteiger partial charge in [-0.1, -0.05) is 24.9 Å². The lowest BCUT2D eigenvalue weighted by molar-refractivity contribution is -0.121. The lowest BCUT2D eigenvalue weighted by atomic mass is 9.88. The molecule has 1 aromatic heterocycles. The molecule has 154 valence electrons. The van der Waals surface area contributed by atoms with Gasteiger partial charge in [-0.25, -0.2) is 0 Å². The van der Waals surface area contributed by atoms with Crippen molar-refractivity contribution >= 4 is 48.0 Å². The number of nitrogens with one attached hydrogen (secondary N) is 2. The molecule has 1 unspecified atom stereocenters. The average molecular weight is 447 g/mol. The van der Waals surface area contributed by atoms with Crippen molar-refractivity contribution in [3.05, 3.63) is 29.0 Å². The number of aryl methyl sites for hydroxylation is 1. The zero-order valence-corrected chi connectivity index (χ0v) is 18.2. The van der Waals surface area contributed by atoms with E-state index in [2.05, 4.69) is 25.4 Å². The first-order chi connectivity index (χ1) is 12.6. The monoisotopic (exact) mass is 445 g/mol. The largest absolute Gasteiger partial charge is 0.326 e. The van der Waals surface area contributed by atoms with Crippen LogP contribution in [0.1, 0.15) is 32.0 Å². The molecule has 2 aliphatic rings. The molecule has 1 saturated heterocycles. The van der Waals surface area contributed by atoms with Gasteiger partial charge in [-0.2, -0.15) is 0 Å². The van der Waals surface area contributed by atoms with Crippen LogP contribution in [0.4, 0.5) is 5.69 Å². The lowest BCUT2D eigenvalue weighted by Crippen LogP contribution is -2.48. The first kappa shape index (κ1) is 22.9. The molecule has 6 nitrogen and oxygen atoms in total. The Kier molecular flexibility index (Phi) is 8.13. The van der Waals surface area contributed by atoms with E-state index >= 15 is 0 Å². The van der Waals surface area contributed by atoms with E-state index in [1.807, 2.05) is 25.1 Å². The van der Waals surface area contributed by atoms with E-state index in [0.29, 0.717) is 10.9 Å². The standard InChI is InChI=1S/C19H24ClN5O.2ClH/c1-12(13-10-21-11-13)19(26)22-14-6-7-16(20)15(9-14)18-24-23-17-5-3-2-4-8-25(17)18;;/h6-7,9,12-13,21H,2-5,8,10-11H2,1H3,(H,22,26);2*1H. The molecule has 0 bridgehead atoms. The van der Waals surface area contributed by atoms with Gasteiger partial charge in [0.05, 0.1) is 5.02 Å². The number of hydrogen-bond acceptors (Lipinski definition) is 4. The molecule has 2 aromatic rings. The highest BCUT2D eigenvalue weighted by atomic mass is 35.5. The molecule has 0 spiro atoms. The van der Waals surface area contributed by atoms with Crippen LogP contribution in [-0.4, -0.2) is 33.8 Å². The van der Waals surface area contributed by atoms with E-state index in [0.717, 1.165) is 61.8 Å². The van der Waals surface area contributed by atoms with Crippen LogP contribution < -0.4 is 10.6 Å². The number of carbonyl (C=O) groups is 1. The zero-order chi connectivity index (χ0) is 18.1.